The largest absolute Gasteiger partial charge is 0.444 e. The van der Waals surface area contributed by atoms with E-state index < -0.39 is 17.3 Å². The maximum absolute atomic E-state index is 13.6. The van der Waals surface area contributed by atoms with Crippen LogP contribution >= 0.6 is 15.9 Å². The third kappa shape index (κ3) is 6.75. The van der Waals surface area contributed by atoms with E-state index in [1.165, 1.54) is 6.07 Å². The monoisotopic (exact) mass is 375 g/mol. The fourth-order valence-electron chi connectivity index (χ4n) is 1.58. The van der Waals surface area contributed by atoms with E-state index in [2.05, 4.69) is 21.2 Å². The highest BCUT2D eigenvalue weighted by atomic mass is 79.9. The Morgan fingerprint density at radius 1 is 1.27 bits per heavy atom. The lowest BCUT2D eigenvalue weighted by Crippen LogP contribution is -2.45. The van der Waals surface area contributed by atoms with Gasteiger partial charge in [0.15, 0.2) is 0 Å². The van der Waals surface area contributed by atoms with E-state index in [4.69, 9.17) is 9.47 Å². The van der Waals surface area contributed by atoms with Gasteiger partial charge in [0.05, 0.1) is 18.8 Å². The number of carbonyl (C=O) groups is 1. The number of amides is 1. The molecule has 0 saturated heterocycles. The van der Waals surface area contributed by atoms with Gasteiger partial charge in [0.25, 0.3) is 0 Å². The second-order valence-corrected chi connectivity index (χ2v) is 6.88. The van der Waals surface area contributed by atoms with Crippen LogP contribution in [0.15, 0.2) is 24.3 Å². The summed E-state index contributed by atoms with van der Waals surface area (Å²) in [4.78, 5) is 11.7. The molecule has 1 aromatic carbocycles. The molecule has 6 heteroatoms. The van der Waals surface area contributed by atoms with Crippen molar-refractivity contribution in [1.82, 2.24) is 5.32 Å². The first kappa shape index (κ1) is 18.9. The van der Waals surface area contributed by atoms with Gasteiger partial charge >= 0.3 is 6.09 Å². The molecular weight excluding hydrogens is 353 g/mol. The molecule has 0 aliphatic carbocycles. The van der Waals surface area contributed by atoms with E-state index >= 15 is 0 Å². The molecule has 4 nitrogen and oxygen atoms in total. The molecule has 1 N–H and O–H groups in total. The molecule has 0 spiro atoms. The third-order valence-electron chi connectivity index (χ3n) is 2.82. The Hall–Kier alpha value is -1.14. The highest BCUT2D eigenvalue weighted by Crippen LogP contribution is 2.18. The second-order valence-electron chi connectivity index (χ2n) is 6.32. The van der Waals surface area contributed by atoms with Crippen LogP contribution in [0.1, 0.15) is 33.3 Å². The van der Waals surface area contributed by atoms with Gasteiger partial charge in [0, 0.05) is 10.9 Å². The topological polar surface area (TPSA) is 47.6 Å². The van der Waals surface area contributed by atoms with E-state index in [1.807, 2.05) is 6.92 Å². The molecule has 0 aromatic heterocycles. The zero-order valence-corrected chi connectivity index (χ0v) is 15.0. The smallest absolute Gasteiger partial charge is 0.407 e. The molecule has 0 aliphatic heterocycles. The number of halogens is 2. The van der Waals surface area contributed by atoms with Crippen molar-refractivity contribution in [3.63, 3.8) is 0 Å². The van der Waals surface area contributed by atoms with Crippen molar-refractivity contribution in [3.8, 4) is 0 Å². The van der Waals surface area contributed by atoms with E-state index in [1.54, 1.807) is 39.0 Å². The normalized spacial score (nSPS) is 14.3. The van der Waals surface area contributed by atoms with E-state index in [0.29, 0.717) is 10.9 Å². The molecule has 0 radical (unpaired) electrons. The number of alkyl halides is 1. The van der Waals surface area contributed by atoms with Gasteiger partial charge < -0.3 is 14.8 Å². The van der Waals surface area contributed by atoms with Crippen molar-refractivity contribution in [2.45, 2.75) is 45.5 Å². The van der Waals surface area contributed by atoms with Crippen LogP contribution in [0, 0.1) is 5.82 Å². The third-order valence-corrected chi connectivity index (χ3v) is 4.01. The molecule has 0 fully saturated rings. The van der Waals surface area contributed by atoms with Gasteiger partial charge in [-0.1, -0.05) is 34.1 Å². The number of hydrogen-bond acceptors (Lipinski definition) is 3. The van der Waals surface area contributed by atoms with Gasteiger partial charge in [-0.2, -0.15) is 0 Å². The summed E-state index contributed by atoms with van der Waals surface area (Å²) < 4.78 is 24.5. The van der Waals surface area contributed by atoms with Crippen LogP contribution in [-0.4, -0.2) is 29.2 Å². The summed E-state index contributed by atoms with van der Waals surface area (Å²) in [5.41, 5.74) is -0.741. The average Bonchev–Trinajstić information content (AvgIpc) is 2.42. The van der Waals surface area contributed by atoms with Crippen LogP contribution in [-0.2, 0) is 16.1 Å². The summed E-state index contributed by atoms with van der Waals surface area (Å²) in [5, 5.41) is 3.16. The summed E-state index contributed by atoms with van der Waals surface area (Å²) >= 11 is 3.36. The molecule has 22 heavy (non-hydrogen) atoms. The number of ether oxygens (including phenoxy) is 2. The lowest BCUT2D eigenvalue weighted by Gasteiger charge is -2.29. The molecule has 0 aliphatic rings. The van der Waals surface area contributed by atoms with Gasteiger partial charge in [-0.25, -0.2) is 9.18 Å². The Labute approximate surface area is 139 Å². The quantitative estimate of drug-likeness (QED) is 0.763. The van der Waals surface area contributed by atoms with E-state index in [0.717, 1.165) is 0 Å². The van der Waals surface area contributed by atoms with E-state index in [-0.39, 0.29) is 19.0 Å². The molecule has 124 valence electrons. The Morgan fingerprint density at radius 3 is 2.45 bits per heavy atom. The second kappa shape index (κ2) is 7.92. The number of rotatable bonds is 6. The van der Waals surface area contributed by atoms with Crippen molar-refractivity contribution >= 4 is 22.0 Å². The maximum atomic E-state index is 13.6. The van der Waals surface area contributed by atoms with Crippen molar-refractivity contribution in [3.05, 3.63) is 35.6 Å². The highest BCUT2D eigenvalue weighted by Gasteiger charge is 2.26. The zero-order valence-electron chi connectivity index (χ0n) is 13.4. The highest BCUT2D eigenvalue weighted by molar-refractivity contribution is 9.09. The van der Waals surface area contributed by atoms with Gasteiger partial charge in [-0.15, -0.1) is 0 Å². The summed E-state index contributed by atoms with van der Waals surface area (Å²) in [6.45, 7) is 7.60. The average molecular weight is 376 g/mol. The Balaban J connectivity index is 2.54. The first-order valence-corrected chi connectivity index (χ1v) is 8.17. The summed E-state index contributed by atoms with van der Waals surface area (Å²) in [5.74, 6) is -0.306. The molecule has 1 rings (SSSR count). The molecule has 0 bridgehead atoms. The van der Waals surface area contributed by atoms with Crippen LogP contribution in [0.4, 0.5) is 9.18 Å². The number of hydrogen-bond donors (Lipinski definition) is 1. The lowest BCUT2D eigenvalue weighted by atomic mass is 10.1. The minimum absolute atomic E-state index is 0.130. The van der Waals surface area contributed by atoms with Gasteiger partial charge in [0.1, 0.15) is 11.4 Å². The van der Waals surface area contributed by atoms with Crippen molar-refractivity contribution < 1.29 is 18.7 Å². The minimum atomic E-state index is -0.667. The molecule has 1 aromatic rings. The molecule has 0 heterocycles. The van der Waals surface area contributed by atoms with Gasteiger partial charge in [0.2, 0.25) is 0 Å². The van der Waals surface area contributed by atoms with Crippen molar-refractivity contribution in [2.75, 3.05) is 11.9 Å². The van der Waals surface area contributed by atoms with Gasteiger partial charge in [-0.3, -0.25) is 0 Å². The summed E-state index contributed by atoms with van der Waals surface area (Å²) in [6.07, 6.45) is -0.505. The SMILES string of the molecule is CC(C)(C)OC(=O)NCC(C)(CBr)OCc1ccccc1F. The maximum Gasteiger partial charge on any atom is 0.407 e. The summed E-state index contributed by atoms with van der Waals surface area (Å²) in [7, 11) is 0. The zero-order chi connectivity index (χ0) is 16.8. The van der Waals surface area contributed by atoms with Crippen LogP contribution < -0.4 is 5.32 Å². The van der Waals surface area contributed by atoms with Crippen LogP contribution in [0.3, 0.4) is 0 Å². The van der Waals surface area contributed by atoms with Crippen molar-refractivity contribution in [1.29, 1.82) is 0 Å². The predicted octanol–water partition coefficient (Wildman–Crippen LogP) is 4.02. The van der Waals surface area contributed by atoms with Crippen LogP contribution in [0.2, 0.25) is 0 Å². The predicted molar refractivity (Wildman–Crippen MR) is 87.6 cm³/mol. The number of nitrogens with one attached hydrogen (secondary N) is 1. The van der Waals surface area contributed by atoms with Gasteiger partial charge in [-0.05, 0) is 33.8 Å². The van der Waals surface area contributed by atoms with Crippen molar-refractivity contribution in [2.24, 2.45) is 0 Å². The minimum Gasteiger partial charge on any atom is -0.444 e. The standard InChI is InChI=1S/C16H23BrFNO3/c1-15(2,3)22-14(20)19-11-16(4,10-17)21-9-12-7-5-6-8-13(12)18/h5-8H,9-11H2,1-4H3,(H,19,20). The lowest BCUT2D eigenvalue weighted by molar-refractivity contribution is -0.0267. The fraction of sp³-hybridized carbons (Fsp3) is 0.562. The molecule has 1 amide bonds. The van der Waals surface area contributed by atoms with E-state index in [9.17, 15) is 9.18 Å². The molecular formula is C16H23BrFNO3. The molecule has 0 saturated carbocycles. The number of carbonyl (C=O) groups excluding carboxylic acids is 1. The molecule has 1 atom stereocenters. The summed E-state index contributed by atoms with van der Waals surface area (Å²) in [6, 6.07) is 6.45. The van der Waals surface area contributed by atoms with Crippen LogP contribution in [0.25, 0.3) is 0 Å². The first-order chi connectivity index (χ1) is 10.2. The Bertz CT molecular complexity index is 504. The number of benzene rings is 1. The van der Waals surface area contributed by atoms with Crippen LogP contribution in [0.5, 0.6) is 0 Å². The Kier molecular flexibility index (Phi) is 6.81. The molecule has 1 unspecified atom stereocenters. The fourth-order valence-corrected chi connectivity index (χ4v) is 1.94. The number of alkyl carbamates (subject to hydrolysis) is 1. The first-order valence-electron chi connectivity index (χ1n) is 7.05. The Morgan fingerprint density at radius 2 is 1.91 bits per heavy atom.